The number of Topliss-reactive ketones (excluding diaryl/α,β-unsaturated/α-hetero) is 1. The van der Waals surface area contributed by atoms with Gasteiger partial charge in [0, 0.05) is 29.7 Å². The van der Waals surface area contributed by atoms with Crippen LogP contribution in [-0.4, -0.2) is 53.0 Å². The number of nitrogens with zero attached hydrogens (tertiary/aromatic N) is 7. The number of carbonyl (C=O) groups excluding carboxylic acids is 2. The topological polar surface area (TPSA) is 130 Å². The fraction of sp³-hybridized carbons (Fsp3) is 0.207. The van der Waals surface area contributed by atoms with Gasteiger partial charge in [0.15, 0.2) is 11.6 Å². The highest BCUT2D eigenvalue weighted by atomic mass is 35.5. The first-order valence-electron chi connectivity index (χ1n) is 13.5. The lowest BCUT2D eigenvalue weighted by atomic mass is 9.95. The van der Waals surface area contributed by atoms with Crippen molar-refractivity contribution in [2.45, 2.75) is 39.2 Å². The molecule has 0 spiro atoms. The van der Waals surface area contributed by atoms with Crippen molar-refractivity contribution < 1.29 is 36.3 Å². The maximum atomic E-state index is 13.9. The van der Waals surface area contributed by atoms with Gasteiger partial charge in [0.05, 0.1) is 10.7 Å². The second kappa shape index (κ2) is 13.8. The molecule has 0 saturated carbocycles. The average molecular weight is 695 g/mol. The maximum Gasteiger partial charge on any atom is 0.573 e. The number of amides is 1. The number of pyridine rings is 1. The molecule has 18 heteroatoms. The normalized spacial score (nSPS) is 11.6. The van der Waals surface area contributed by atoms with E-state index in [9.17, 15) is 31.5 Å². The molecule has 3 aromatic heterocycles. The third-order valence-electron chi connectivity index (χ3n) is 6.58. The van der Waals surface area contributed by atoms with Crippen LogP contribution in [0.3, 0.4) is 0 Å². The second-order valence-corrected chi connectivity index (χ2v) is 10.8. The summed E-state index contributed by atoms with van der Waals surface area (Å²) in [5.74, 6) is -2.18. The minimum absolute atomic E-state index is 0.0108. The molecule has 47 heavy (non-hydrogen) atoms. The van der Waals surface area contributed by atoms with Gasteiger partial charge in [-0.15, -0.1) is 23.4 Å². The molecule has 0 atom stereocenters. The van der Waals surface area contributed by atoms with E-state index < -0.39 is 36.1 Å². The predicted molar refractivity (Wildman–Crippen MR) is 157 cm³/mol. The number of benzene rings is 2. The number of hydrogen-bond acceptors (Lipinski definition) is 8. The van der Waals surface area contributed by atoms with Crippen LogP contribution in [0, 0.1) is 6.92 Å². The number of aryl methyl sites for hydroxylation is 1. The van der Waals surface area contributed by atoms with Crippen LogP contribution < -0.4 is 10.1 Å². The number of ether oxygens (including phenoxy) is 1. The van der Waals surface area contributed by atoms with E-state index in [2.05, 4.69) is 35.5 Å². The van der Waals surface area contributed by atoms with Crippen molar-refractivity contribution in [1.82, 2.24) is 40.3 Å². The van der Waals surface area contributed by atoms with Crippen molar-refractivity contribution in [2.24, 2.45) is 0 Å². The van der Waals surface area contributed by atoms with Crippen molar-refractivity contribution in [3.63, 3.8) is 0 Å². The molecule has 1 N–H and O–H groups in total. The first-order valence-corrected chi connectivity index (χ1v) is 14.2. The third kappa shape index (κ3) is 8.26. The Morgan fingerprint density at radius 2 is 1.79 bits per heavy atom. The van der Waals surface area contributed by atoms with Crippen molar-refractivity contribution in [1.29, 1.82) is 0 Å². The number of halogens is 7. The zero-order valence-electron chi connectivity index (χ0n) is 24.0. The summed E-state index contributed by atoms with van der Waals surface area (Å²) in [6.45, 7) is 1.40. The molecule has 0 fully saturated rings. The highest BCUT2D eigenvalue weighted by Gasteiger charge is 2.31. The van der Waals surface area contributed by atoms with Gasteiger partial charge >= 0.3 is 12.8 Å². The van der Waals surface area contributed by atoms with Crippen molar-refractivity contribution in [3.05, 3.63) is 110 Å². The third-order valence-corrected chi connectivity index (χ3v) is 7.10. The summed E-state index contributed by atoms with van der Waals surface area (Å²) < 4.78 is 68.4. The molecule has 1 amide bonds. The lowest BCUT2D eigenvalue weighted by Gasteiger charge is -2.14. The SMILES string of the molecule is Cc1cc(Cl)cc(C(=O)NCc2ccc(OC(F)(F)F)cc2)c1CC(=O)c1cc(Cn2nnc(C(F)F)n2)nn1-c1ncccc1Cl. The molecule has 0 aliphatic rings. The van der Waals surface area contributed by atoms with Crippen LogP contribution in [0.25, 0.3) is 5.82 Å². The van der Waals surface area contributed by atoms with Gasteiger partial charge in [0.1, 0.15) is 18.0 Å². The van der Waals surface area contributed by atoms with Gasteiger partial charge in [-0.05, 0) is 71.3 Å². The van der Waals surface area contributed by atoms with Crippen LogP contribution in [0.1, 0.15) is 55.5 Å². The van der Waals surface area contributed by atoms with Gasteiger partial charge < -0.3 is 10.1 Å². The number of hydrogen-bond donors (Lipinski definition) is 1. The van der Waals surface area contributed by atoms with E-state index >= 15 is 0 Å². The maximum absolute atomic E-state index is 13.9. The summed E-state index contributed by atoms with van der Waals surface area (Å²) in [5.41, 5.74) is 1.65. The summed E-state index contributed by atoms with van der Waals surface area (Å²) >= 11 is 12.6. The number of nitrogens with one attached hydrogen (secondary N) is 1. The monoisotopic (exact) mass is 694 g/mol. The highest BCUT2D eigenvalue weighted by molar-refractivity contribution is 6.32. The average Bonchev–Trinajstić information content (AvgIpc) is 3.65. The van der Waals surface area contributed by atoms with E-state index in [4.69, 9.17) is 23.2 Å². The Bertz CT molecular complexity index is 1930. The molecule has 244 valence electrons. The molecule has 0 aliphatic heterocycles. The molecular weight excluding hydrogens is 674 g/mol. The minimum Gasteiger partial charge on any atom is -0.406 e. The number of carbonyl (C=O) groups is 2. The van der Waals surface area contributed by atoms with E-state index in [1.807, 2.05) is 0 Å². The van der Waals surface area contributed by atoms with Crippen LogP contribution >= 0.6 is 23.2 Å². The Balaban J connectivity index is 1.41. The lowest BCUT2D eigenvalue weighted by Crippen LogP contribution is -2.25. The summed E-state index contributed by atoms with van der Waals surface area (Å²) in [7, 11) is 0. The number of rotatable bonds is 11. The zero-order chi connectivity index (χ0) is 33.9. The molecule has 2 aromatic carbocycles. The van der Waals surface area contributed by atoms with E-state index in [0.717, 1.165) is 16.9 Å². The minimum atomic E-state index is -4.84. The Labute approximate surface area is 272 Å². The van der Waals surface area contributed by atoms with Crippen molar-refractivity contribution >= 4 is 34.9 Å². The molecule has 5 rings (SSSR count). The molecule has 0 aliphatic carbocycles. The zero-order valence-corrected chi connectivity index (χ0v) is 25.5. The van der Waals surface area contributed by atoms with Crippen molar-refractivity contribution in [3.8, 4) is 11.6 Å². The predicted octanol–water partition coefficient (Wildman–Crippen LogP) is 6.11. The summed E-state index contributed by atoms with van der Waals surface area (Å²) in [6.07, 6.45) is -6.64. The lowest BCUT2D eigenvalue weighted by molar-refractivity contribution is -0.274. The number of alkyl halides is 5. The molecule has 5 aromatic rings. The summed E-state index contributed by atoms with van der Waals surface area (Å²) in [5, 5.41) is 18.0. The van der Waals surface area contributed by atoms with Crippen LogP contribution in [0.4, 0.5) is 22.0 Å². The number of tetrazole rings is 1. The largest absolute Gasteiger partial charge is 0.573 e. The summed E-state index contributed by atoms with van der Waals surface area (Å²) in [6, 6.07) is 12.4. The molecule has 0 radical (unpaired) electrons. The molecule has 3 heterocycles. The molecule has 0 unspecified atom stereocenters. The van der Waals surface area contributed by atoms with Gasteiger partial charge in [-0.1, -0.05) is 35.3 Å². The van der Waals surface area contributed by atoms with E-state index in [0.29, 0.717) is 16.7 Å². The highest BCUT2D eigenvalue weighted by Crippen LogP contribution is 2.26. The van der Waals surface area contributed by atoms with Gasteiger partial charge in [-0.3, -0.25) is 9.59 Å². The van der Waals surface area contributed by atoms with Crippen LogP contribution in [0.2, 0.25) is 10.0 Å². The van der Waals surface area contributed by atoms with Gasteiger partial charge in [0.2, 0.25) is 5.82 Å². The van der Waals surface area contributed by atoms with Gasteiger partial charge in [-0.2, -0.15) is 9.90 Å². The Morgan fingerprint density at radius 1 is 1.04 bits per heavy atom. The first-order chi connectivity index (χ1) is 22.3. The second-order valence-electron chi connectivity index (χ2n) is 9.94. The molecule has 11 nitrogen and oxygen atoms in total. The van der Waals surface area contributed by atoms with Crippen LogP contribution in [0.5, 0.6) is 5.75 Å². The van der Waals surface area contributed by atoms with E-state index in [-0.39, 0.29) is 52.3 Å². The standard InChI is InChI=1S/C29H21Cl2F5N8O3/c1-15-9-17(30)10-21(28(46)38-13-16-4-6-19(7-5-16)47-29(34,35)36)20(15)12-24(45)23-11-18(14-43-41-26(25(32)33)39-42-43)40-44(23)27-22(31)3-2-8-37-27/h2-11,25H,12-14H2,1H3,(H,38,46). The molecular formula is C29H21Cl2F5N8O3. The van der Waals surface area contributed by atoms with Gasteiger partial charge in [-0.25, -0.2) is 18.4 Å². The number of aromatic nitrogens is 7. The van der Waals surface area contributed by atoms with E-state index in [1.54, 1.807) is 19.1 Å². The van der Waals surface area contributed by atoms with Crippen LogP contribution in [0.15, 0.2) is 60.8 Å². The smallest absolute Gasteiger partial charge is 0.406 e. The Morgan fingerprint density at radius 3 is 2.45 bits per heavy atom. The number of ketones is 1. The van der Waals surface area contributed by atoms with E-state index in [1.165, 1.54) is 41.2 Å². The Hall–Kier alpha value is -4.96. The summed E-state index contributed by atoms with van der Waals surface area (Å²) in [4.78, 5) is 32.3. The molecule has 0 saturated heterocycles. The Kier molecular flexibility index (Phi) is 9.81. The fourth-order valence-corrected chi connectivity index (χ4v) is 4.98. The first kappa shape index (κ1) is 33.4. The fourth-order valence-electron chi connectivity index (χ4n) is 4.50. The molecule has 0 bridgehead atoms. The van der Waals surface area contributed by atoms with Gasteiger partial charge in [0.25, 0.3) is 5.91 Å². The quantitative estimate of drug-likeness (QED) is 0.130. The van der Waals surface area contributed by atoms with Crippen LogP contribution in [-0.2, 0) is 19.5 Å². The van der Waals surface area contributed by atoms with Crippen molar-refractivity contribution in [2.75, 3.05) is 0 Å².